The van der Waals surface area contributed by atoms with E-state index in [2.05, 4.69) is 4.98 Å². The molecule has 0 aliphatic carbocycles. The molecular formula is C19H16ClFN2O. The van der Waals surface area contributed by atoms with Gasteiger partial charge in [-0.1, -0.05) is 23.7 Å². The van der Waals surface area contributed by atoms with Gasteiger partial charge in [0.05, 0.1) is 11.1 Å². The Balaban J connectivity index is 2.06. The maximum absolute atomic E-state index is 13.3. The number of fused-ring (bicyclic) bond motifs is 1. The average molecular weight is 343 g/mol. The van der Waals surface area contributed by atoms with Gasteiger partial charge >= 0.3 is 0 Å². The second kappa shape index (κ2) is 6.57. The molecule has 3 rings (SSSR count). The molecule has 0 radical (unpaired) electrons. The van der Waals surface area contributed by atoms with Gasteiger partial charge in [-0.15, -0.1) is 0 Å². The van der Waals surface area contributed by atoms with Crippen LogP contribution in [0.25, 0.3) is 10.9 Å². The molecule has 0 fully saturated rings. The van der Waals surface area contributed by atoms with Crippen molar-refractivity contribution in [3.63, 3.8) is 0 Å². The summed E-state index contributed by atoms with van der Waals surface area (Å²) < 4.78 is 13.3. The highest BCUT2D eigenvalue weighted by atomic mass is 35.5. The number of aryl methyl sites for hydroxylation is 1. The van der Waals surface area contributed by atoms with Crippen LogP contribution in [0.1, 0.15) is 22.8 Å². The summed E-state index contributed by atoms with van der Waals surface area (Å²) in [5, 5.41) is 0.744. The molecule has 0 N–H and O–H groups in total. The molecule has 0 bridgehead atoms. The normalized spacial score (nSPS) is 10.8. The summed E-state index contributed by atoms with van der Waals surface area (Å²) in [6, 6.07) is 13.6. The zero-order chi connectivity index (χ0) is 17.3. The second-order valence-corrected chi connectivity index (χ2v) is 5.91. The SMILES string of the molecule is CCN(C(=O)c1cc2ccc(F)cc2nc1Cl)c1cccc(C)c1. The smallest absolute Gasteiger partial charge is 0.261 e. The van der Waals surface area contributed by atoms with E-state index in [4.69, 9.17) is 11.6 Å². The summed E-state index contributed by atoms with van der Waals surface area (Å²) in [7, 11) is 0. The Morgan fingerprint density at radius 3 is 2.71 bits per heavy atom. The van der Waals surface area contributed by atoms with Crippen LogP contribution < -0.4 is 4.90 Å². The zero-order valence-electron chi connectivity index (χ0n) is 13.4. The number of pyridine rings is 1. The average Bonchev–Trinajstić information content (AvgIpc) is 2.54. The summed E-state index contributed by atoms with van der Waals surface area (Å²) in [6.45, 7) is 4.37. The third kappa shape index (κ3) is 3.10. The van der Waals surface area contributed by atoms with E-state index in [0.29, 0.717) is 23.0 Å². The van der Waals surface area contributed by atoms with Crippen LogP contribution in [0.2, 0.25) is 5.15 Å². The van der Waals surface area contributed by atoms with Crippen LogP contribution in [0.3, 0.4) is 0 Å². The molecule has 0 atom stereocenters. The van der Waals surface area contributed by atoms with Crippen LogP contribution in [-0.2, 0) is 0 Å². The first-order valence-electron chi connectivity index (χ1n) is 7.64. The van der Waals surface area contributed by atoms with E-state index in [1.165, 1.54) is 12.1 Å². The molecule has 2 aromatic carbocycles. The fraction of sp³-hybridized carbons (Fsp3) is 0.158. The summed E-state index contributed by atoms with van der Waals surface area (Å²) in [5.41, 5.74) is 2.60. The molecule has 0 aliphatic heterocycles. The molecule has 0 spiro atoms. The Bertz CT molecular complexity index is 926. The van der Waals surface area contributed by atoms with Crippen molar-refractivity contribution < 1.29 is 9.18 Å². The lowest BCUT2D eigenvalue weighted by molar-refractivity contribution is 0.0988. The van der Waals surface area contributed by atoms with E-state index in [-0.39, 0.29) is 16.9 Å². The lowest BCUT2D eigenvalue weighted by atomic mass is 10.1. The molecule has 0 saturated heterocycles. The first-order valence-corrected chi connectivity index (χ1v) is 8.01. The first kappa shape index (κ1) is 16.4. The van der Waals surface area contributed by atoms with E-state index in [0.717, 1.165) is 11.3 Å². The number of benzene rings is 2. The molecule has 0 saturated carbocycles. The van der Waals surface area contributed by atoms with Gasteiger partial charge in [0.25, 0.3) is 5.91 Å². The van der Waals surface area contributed by atoms with Crippen molar-refractivity contribution in [3.8, 4) is 0 Å². The van der Waals surface area contributed by atoms with Crippen molar-refractivity contribution >= 4 is 34.1 Å². The van der Waals surface area contributed by atoms with E-state index in [1.807, 2.05) is 38.1 Å². The number of nitrogens with zero attached hydrogens (tertiary/aromatic N) is 2. The molecule has 122 valence electrons. The fourth-order valence-electron chi connectivity index (χ4n) is 2.65. The van der Waals surface area contributed by atoms with Gasteiger partial charge < -0.3 is 4.90 Å². The van der Waals surface area contributed by atoms with Gasteiger partial charge in [0.2, 0.25) is 0 Å². The number of anilines is 1. The molecule has 1 amide bonds. The van der Waals surface area contributed by atoms with Gasteiger partial charge in [-0.25, -0.2) is 9.37 Å². The van der Waals surface area contributed by atoms with Crippen LogP contribution in [-0.4, -0.2) is 17.4 Å². The molecule has 3 aromatic rings. The quantitative estimate of drug-likeness (QED) is 0.627. The van der Waals surface area contributed by atoms with Crippen molar-refractivity contribution in [3.05, 3.63) is 70.6 Å². The number of carbonyl (C=O) groups excluding carboxylic acids is 1. The number of amides is 1. The fourth-order valence-corrected chi connectivity index (χ4v) is 2.88. The molecule has 0 aliphatic rings. The Kier molecular flexibility index (Phi) is 4.49. The highest BCUT2D eigenvalue weighted by molar-refractivity contribution is 6.34. The Hall–Kier alpha value is -2.46. The highest BCUT2D eigenvalue weighted by Crippen LogP contribution is 2.25. The minimum Gasteiger partial charge on any atom is -0.309 e. The predicted molar refractivity (Wildman–Crippen MR) is 95.2 cm³/mol. The molecule has 3 nitrogen and oxygen atoms in total. The molecule has 0 unspecified atom stereocenters. The first-order chi connectivity index (χ1) is 11.5. The maximum Gasteiger partial charge on any atom is 0.261 e. The van der Waals surface area contributed by atoms with Crippen molar-refractivity contribution in [1.29, 1.82) is 0 Å². The molecule has 1 heterocycles. The number of rotatable bonds is 3. The predicted octanol–water partition coefficient (Wildman–Crippen LogP) is 5.00. The number of halogens is 2. The van der Waals surface area contributed by atoms with E-state index < -0.39 is 0 Å². The van der Waals surface area contributed by atoms with Crippen LogP contribution in [0.5, 0.6) is 0 Å². The minimum absolute atomic E-state index is 0.0733. The maximum atomic E-state index is 13.3. The zero-order valence-corrected chi connectivity index (χ0v) is 14.1. The van der Waals surface area contributed by atoms with Gasteiger partial charge in [0, 0.05) is 23.7 Å². The van der Waals surface area contributed by atoms with Gasteiger partial charge in [0.1, 0.15) is 11.0 Å². The second-order valence-electron chi connectivity index (χ2n) is 5.55. The van der Waals surface area contributed by atoms with Gasteiger partial charge in [-0.2, -0.15) is 0 Å². The van der Waals surface area contributed by atoms with Crippen molar-refractivity contribution in [2.75, 3.05) is 11.4 Å². The number of hydrogen-bond donors (Lipinski definition) is 0. The van der Waals surface area contributed by atoms with Crippen molar-refractivity contribution in [1.82, 2.24) is 4.98 Å². The highest BCUT2D eigenvalue weighted by Gasteiger charge is 2.20. The lowest BCUT2D eigenvalue weighted by Crippen LogP contribution is -2.31. The summed E-state index contributed by atoms with van der Waals surface area (Å²) >= 11 is 6.19. The van der Waals surface area contributed by atoms with Crippen LogP contribution in [0.4, 0.5) is 10.1 Å². The van der Waals surface area contributed by atoms with E-state index in [1.54, 1.807) is 17.0 Å². The minimum atomic E-state index is -0.389. The number of hydrogen-bond acceptors (Lipinski definition) is 2. The van der Waals surface area contributed by atoms with Crippen LogP contribution >= 0.6 is 11.6 Å². The van der Waals surface area contributed by atoms with Gasteiger partial charge in [-0.05, 0) is 49.7 Å². The Labute approximate surface area is 144 Å². The van der Waals surface area contributed by atoms with E-state index in [9.17, 15) is 9.18 Å². The third-order valence-electron chi connectivity index (χ3n) is 3.84. The molecule has 1 aromatic heterocycles. The standard InChI is InChI=1S/C19H16ClFN2O/c1-3-23(15-6-4-5-12(2)9-15)19(24)16-10-13-7-8-14(21)11-17(13)22-18(16)20/h4-11H,3H2,1-2H3. The number of aromatic nitrogens is 1. The summed E-state index contributed by atoms with van der Waals surface area (Å²) in [6.07, 6.45) is 0. The van der Waals surface area contributed by atoms with Crippen molar-refractivity contribution in [2.45, 2.75) is 13.8 Å². The van der Waals surface area contributed by atoms with Crippen molar-refractivity contribution in [2.24, 2.45) is 0 Å². The van der Waals surface area contributed by atoms with Crippen LogP contribution in [0.15, 0.2) is 48.5 Å². The monoisotopic (exact) mass is 342 g/mol. The van der Waals surface area contributed by atoms with Gasteiger partial charge in [0.15, 0.2) is 0 Å². The molecule has 5 heteroatoms. The molecular weight excluding hydrogens is 327 g/mol. The Morgan fingerprint density at radius 1 is 1.21 bits per heavy atom. The summed E-state index contributed by atoms with van der Waals surface area (Å²) in [4.78, 5) is 18.8. The summed E-state index contributed by atoms with van der Waals surface area (Å²) in [5.74, 6) is -0.619. The third-order valence-corrected chi connectivity index (χ3v) is 4.13. The number of carbonyl (C=O) groups is 1. The Morgan fingerprint density at radius 2 is 2.00 bits per heavy atom. The molecule has 24 heavy (non-hydrogen) atoms. The van der Waals surface area contributed by atoms with E-state index >= 15 is 0 Å². The van der Waals surface area contributed by atoms with Gasteiger partial charge in [-0.3, -0.25) is 4.79 Å². The lowest BCUT2D eigenvalue weighted by Gasteiger charge is -2.22. The topological polar surface area (TPSA) is 33.2 Å². The largest absolute Gasteiger partial charge is 0.309 e. The van der Waals surface area contributed by atoms with Crippen LogP contribution in [0, 0.1) is 12.7 Å².